The molecule has 1 aliphatic heterocycles. The van der Waals surface area contributed by atoms with Crippen LogP contribution in [0.15, 0.2) is 61.1 Å². The van der Waals surface area contributed by atoms with Crippen molar-refractivity contribution in [2.24, 2.45) is 0 Å². The van der Waals surface area contributed by atoms with Gasteiger partial charge in [0, 0.05) is 23.9 Å². The Kier molecular flexibility index (Phi) is 6.40. The summed E-state index contributed by atoms with van der Waals surface area (Å²) in [6, 6.07) is 13.4. The number of fused-ring (bicyclic) bond motifs is 1. The van der Waals surface area contributed by atoms with Gasteiger partial charge in [0.1, 0.15) is 35.8 Å². The van der Waals surface area contributed by atoms with Gasteiger partial charge in [-0.25, -0.2) is 14.4 Å². The highest BCUT2D eigenvalue weighted by Gasteiger charge is 2.42. The van der Waals surface area contributed by atoms with Gasteiger partial charge in [0.05, 0.1) is 11.5 Å². The van der Waals surface area contributed by atoms with Crippen LogP contribution in [-0.4, -0.2) is 54.1 Å². The van der Waals surface area contributed by atoms with Gasteiger partial charge in [-0.1, -0.05) is 24.3 Å². The van der Waals surface area contributed by atoms with Gasteiger partial charge in [-0.2, -0.15) is 0 Å². The van der Waals surface area contributed by atoms with Crippen LogP contribution in [0.4, 0.5) is 15.9 Å². The van der Waals surface area contributed by atoms with Crippen molar-refractivity contribution < 1.29 is 29.2 Å². The summed E-state index contributed by atoms with van der Waals surface area (Å²) in [5.74, 6) is -0.748. The van der Waals surface area contributed by atoms with Gasteiger partial charge in [0.25, 0.3) is 0 Å². The molecule has 2 aromatic heterocycles. The van der Waals surface area contributed by atoms with E-state index >= 15 is 0 Å². The van der Waals surface area contributed by atoms with E-state index in [1.165, 1.54) is 18.5 Å². The van der Waals surface area contributed by atoms with Crippen LogP contribution in [0.5, 0.6) is 0 Å². The maximum atomic E-state index is 13.4. The molecule has 10 heteroatoms. The number of carboxylic acids is 1. The van der Waals surface area contributed by atoms with Crippen LogP contribution in [0.1, 0.15) is 25.1 Å². The van der Waals surface area contributed by atoms with E-state index in [2.05, 4.69) is 15.3 Å². The van der Waals surface area contributed by atoms with Crippen LogP contribution in [0, 0.1) is 5.82 Å². The molecule has 3 heterocycles. The van der Waals surface area contributed by atoms with Crippen LogP contribution in [-0.2, 0) is 16.0 Å². The van der Waals surface area contributed by atoms with E-state index in [-0.39, 0.29) is 12.2 Å². The average Bonchev–Trinajstić information content (AvgIpc) is 3.38. The highest BCUT2D eigenvalue weighted by Crippen LogP contribution is 2.39. The normalized spacial score (nSPS) is 21.7. The fourth-order valence-electron chi connectivity index (χ4n) is 4.42. The molecule has 0 amide bonds. The Morgan fingerprint density at radius 3 is 2.44 bits per heavy atom. The highest BCUT2D eigenvalue weighted by molar-refractivity contribution is 6.02. The van der Waals surface area contributed by atoms with Crippen molar-refractivity contribution in [3.8, 4) is 11.1 Å². The molecule has 0 saturated carbocycles. The standard InChI is InChI=1S/C26H25FN4O5/c1-14-22(34)23(35)26(36-14)31-12-19(16-5-2-15(3-6-16)4-11-20(32)33)21-24(28-13-29-25(21)31)30-18-9-7-17(27)8-10-18/h2-3,5-10,12-14,22-23,26,34-35H,4,11H2,1H3,(H,32,33)(H,28,29,30)/t14-,22-,23-,26+/m1/s1. The Morgan fingerprint density at radius 1 is 1.08 bits per heavy atom. The lowest BCUT2D eigenvalue weighted by Gasteiger charge is -2.17. The smallest absolute Gasteiger partial charge is 0.303 e. The quantitative estimate of drug-likeness (QED) is 0.308. The number of hydrogen-bond donors (Lipinski definition) is 4. The van der Waals surface area contributed by atoms with Crippen molar-refractivity contribution in [2.45, 2.75) is 44.3 Å². The Bertz CT molecular complexity index is 1390. The van der Waals surface area contributed by atoms with Gasteiger partial charge >= 0.3 is 5.97 Å². The van der Waals surface area contributed by atoms with Crippen molar-refractivity contribution in [2.75, 3.05) is 5.32 Å². The second-order valence-electron chi connectivity index (χ2n) is 8.81. The SMILES string of the molecule is C[C@H]1O[C@H](n2cc(-c3ccc(CCC(=O)O)cc3)c3c(Nc4ccc(F)cc4)ncnc32)[C@H](O)[C@@H]1O. The van der Waals surface area contributed by atoms with E-state index in [0.29, 0.717) is 29.0 Å². The molecule has 4 atom stereocenters. The zero-order valence-corrected chi connectivity index (χ0v) is 19.4. The number of carboxylic acid groups (broad SMARTS) is 1. The molecule has 0 spiro atoms. The monoisotopic (exact) mass is 492 g/mol. The van der Waals surface area contributed by atoms with Gasteiger partial charge < -0.3 is 29.9 Å². The molecule has 0 radical (unpaired) electrons. The first-order valence-corrected chi connectivity index (χ1v) is 11.5. The van der Waals surface area contributed by atoms with Gasteiger partial charge in [0.2, 0.25) is 0 Å². The summed E-state index contributed by atoms with van der Waals surface area (Å²) in [5.41, 5.74) is 3.54. The molecule has 36 heavy (non-hydrogen) atoms. The number of anilines is 2. The highest BCUT2D eigenvalue weighted by atomic mass is 19.1. The average molecular weight is 493 g/mol. The Hall–Kier alpha value is -3.86. The molecule has 0 unspecified atom stereocenters. The van der Waals surface area contributed by atoms with Crippen molar-refractivity contribution in [1.82, 2.24) is 14.5 Å². The molecular weight excluding hydrogens is 467 g/mol. The van der Waals surface area contributed by atoms with E-state index in [1.54, 1.807) is 29.8 Å². The number of carbonyl (C=O) groups is 1. The number of aryl methyl sites for hydroxylation is 1. The van der Waals surface area contributed by atoms with Crippen LogP contribution in [0.25, 0.3) is 22.2 Å². The van der Waals surface area contributed by atoms with Crippen LogP contribution < -0.4 is 5.32 Å². The Labute approximate surface area is 205 Å². The molecule has 0 aliphatic carbocycles. The summed E-state index contributed by atoms with van der Waals surface area (Å²) in [7, 11) is 0. The number of aliphatic hydroxyl groups excluding tert-OH is 2. The first-order chi connectivity index (χ1) is 17.3. The number of halogens is 1. The third kappa shape index (κ3) is 4.53. The zero-order chi connectivity index (χ0) is 25.4. The van der Waals surface area contributed by atoms with Crippen LogP contribution >= 0.6 is 0 Å². The van der Waals surface area contributed by atoms with E-state index in [1.807, 2.05) is 24.3 Å². The minimum Gasteiger partial charge on any atom is -0.481 e. The summed E-state index contributed by atoms with van der Waals surface area (Å²) in [4.78, 5) is 19.8. The molecule has 9 nitrogen and oxygen atoms in total. The number of benzene rings is 2. The molecule has 1 fully saturated rings. The lowest BCUT2D eigenvalue weighted by Crippen LogP contribution is -2.30. The van der Waals surface area contributed by atoms with E-state index < -0.39 is 30.5 Å². The molecule has 4 N–H and O–H groups in total. The molecule has 0 bridgehead atoms. The van der Waals surface area contributed by atoms with Crippen molar-refractivity contribution >= 4 is 28.5 Å². The number of aliphatic carboxylic acids is 1. The van der Waals surface area contributed by atoms with Gasteiger partial charge in [-0.3, -0.25) is 4.79 Å². The van der Waals surface area contributed by atoms with Crippen LogP contribution in [0.2, 0.25) is 0 Å². The number of hydrogen-bond acceptors (Lipinski definition) is 7. The minimum atomic E-state index is -1.16. The summed E-state index contributed by atoms with van der Waals surface area (Å²) >= 11 is 0. The number of rotatable bonds is 7. The van der Waals surface area contributed by atoms with Gasteiger partial charge in [0.15, 0.2) is 6.23 Å². The number of nitrogens with one attached hydrogen (secondary N) is 1. The van der Waals surface area contributed by atoms with Crippen molar-refractivity contribution in [3.05, 3.63) is 72.4 Å². The predicted molar refractivity (Wildman–Crippen MR) is 130 cm³/mol. The van der Waals surface area contributed by atoms with E-state index in [4.69, 9.17) is 9.84 Å². The molecule has 5 rings (SSSR count). The third-order valence-corrected chi connectivity index (χ3v) is 6.36. The molecule has 1 aliphatic rings. The Balaban J connectivity index is 1.61. The lowest BCUT2D eigenvalue weighted by atomic mass is 10.0. The predicted octanol–water partition coefficient (Wildman–Crippen LogP) is 3.64. The summed E-state index contributed by atoms with van der Waals surface area (Å²) in [6.45, 7) is 1.69. The summed E-state index contributed by atoms with van der Waals surface area (Å²) < 4.78 is 21.0. The fraction of sp³-hybridized carbons (Fsp3) is 0.269. The summed E-state index contributed by atoms with van der Waals surface area (Å²) in [5, 5.41) is 33.8. The van der Waals surface area contributed by atoms with Gasteiger partial charge in [-0.05, 0) is 48.7 Å². The van der Waals surface area contributed by atoms with E-state index in [9.17, 15) is 19.4 Å². The second kappa shape index (κ2) is 9.65. The molecule has 186 valence electrons. The second-order valence-corrected chi connectivity index (χ2v) is 8.81. The first-order valence-electron chi connectivity index (χ1n) is 11.5. The maximum Gasteiger partial charge on any atom is 0.303 e. The Morgan fingerprint density at radius 2 is 1.81 bits per heavy atom. The lowest BCUT2D eigenvalue weighted by molar-refractivity contribution is -0.136. The van der Waals surface area contributed by atoms with Crippen molar-refractivity contribution in [3.63, 3.8) is 0 Å². The molecule has 4 aromatic rings. The number of nitrogens with zero attached hydrogens (tertiary/aromatic N) is 3. The number of aromatic nitrogens is 3. The number of ether oxygens (including phenoxy) is 1. The molecule has 2 aromatic carbocycles. The summed E-state index contributed by atoms with van der Waals surface area (Å²) in [6.07, 6.45) is -0.0306. The first kappa shape index (κ1) is 23.9. The maximum absolute atomic E-state index is 13.4. The third-order valence-electron chi connectivity index (χ3n) is 6.36. The largest absolute Gasteiger partial charge is 0.481 e. The minimum absolute atomic E-state index is 0.0374. The number of aliphatic hydroxyl groups is 2. The van der Waals surface area contributed by atoms with Crippen LogP contribution in [0.3, 0.4) is 0 Å². The van der Waals surface area contributed by atoms with Gasteiger partial charge in [-0.15, -0.1) is 0 Å². The topological polar surface area (TPSA) is 130 Å². The molecule has 1 saturated heterocycles. The zero-order valence-electron chi connectivity index (χ0n) is 19.4. The van der Waals surface area contributed by atoms with E-state index in [0.717, 1.165) is 16.7 Å². The fourth-order valence-corrected chi connectivity index (χ4v) is 4.42. The van der Waals surface area contributed by atoms with Crippen molar-refractivity contribution in [1.29, 1.82) is 0 Å². The molecular formula is C26H25FN4O5.